The summed E-state index contributed by atoms with van der Waals surface area (Å²) >= 11 is 0. The first kappa shape index (κ1) is 16.0. The molecule has 18 heavy (non-hydrogen) atoms. The summed E-state index contributed by atoms with van der Waals surface area (Å²) in [5, 5.41) is 19.2. The minimum Gasteiger partial charge on any atom is -0.390 e. The second kappa shape index (κ2) is 6.96. The molecule has 108 valence electrons. The van der Waals surface area contributed by atoms with Crippen molar-refractivity contribution in [3.8, 4) is 0 Å². The molecule has 0 bridgehead atoms. The van der Waals surface area contributed by atoms with Crippen molar-refractivity contribution in [1.82, 2.24) is 0 Å². The van der Waals surface area contributed by atoms with Crippen LogP contribution >= 0.6 is 7.60 Å². The van der Waals surface area contributed by atoms with E-state index in [1.165, 1.54) is 21.3 Å². The zero-order chi connectivity index (χ0) is 13.8. The highest BCUT2D eigenvalue weighted by molar-refractivity contribution is 7.53. The lowest BCUT2D eigenvalue weighted by Gasteiger charge is -2.36. The van der Waals surface area contributed by atoms with Crippen molar-refractivity contribution in [3.05, 3.63) is 0 Å². The van der Waals surface area contributed by atoms with Gasteiger partial charge in [0.1, 0.15) is 6.10 Å². The van der Waals surface area contributed by atoms with Crippen molar-refractivity contribution in [2.45, 2.75) is 37.4 Å². The molecule has 4 atom stereocenters. The van der Waals surface area contributed by atoms with Gasteiger partial charge in [0, 0.05) is 27.8 Å². The van der Waals surface area contributed by atoms with E-state index in [9.17, 15) is 14.8 Å². The van der Waals surface area contributed by atoms with Gasteiger partial charge in [-0.1, -0.05) is 0 Å². The van der Waals surface area contributed by atoms with Crippen LogP contribution in [0.3, 0.4) is 0 Å². The fourth-order valence-corrected chi connectivity index (χ4v) is 2.97. The maximum atomic E-state index is 11.8. The Morgan fingerprint density at radius 1 is 1.28 bits per heavy atom. The monoisotopic (exact) mass is 284 g/mol. The van der Waals surface area contributed by atoms with E-state index in [1.54, 1.807) is 0 Å². The summed E-state index contributed by atoms with van der Waals surface area (Å²) in [4.78, 5) is 0. The van der Waals surface area contributed by atoms with E-state index in [0.29, 0.717) is 6.42 Å². The van der Waals surface area contributed by atoms with Crippen LogP contribution in [-0.4, -0.2) is 62.3 Å². The van der Waals surface area contributed by atoms with E-state index in [-0.39, 0.29) is 18.7 Å². The van der Waals surface area contributed by atoms with Gasteiger partial charge in [0.05, 0.1) is 18.4 Å². The zero-order valence-electron chi connectivity index (χ0n) is 10.8. The molecule has 1 aliphatic heterocycles. The predicted octanol–water partition coefficient (Wildman–Crippen LogP) is 0.346. The Balaban J connectivity index is 2.51. The SMILES string of the molecule is CO[C@@H]1O[C@H](CCP(=O)(OC)OC)C[C@@H](O)[C@H]1O. The first-order valence-corrected chi connectivity index (χ1v) is 7.43. The Morgan fingerprint density at radius 2 is 1.89 bits per heavy atom. The molecule has 1 saturated heterocycles. The van der Waals surface area contributed by atoms with Crippen LogP contribution in [0.15, 0.2) is 0 Å². The van der Waals surface area contributed by atoms with Gasteiger partial charge >= 0.3 is 7.60 Å². The third-order valence-electron chi connectivity index (χ3n) is 3.02. The van der Waals surface area contributed by atoms with E-state index < -0.39 is 26.1 Å². The van der Waals surface area contributed by atoms with Gasteiger partial charge in [-0.2, -0.15) is 0 Å². The van der Waals surface area contributed by atoms with Gasteiger partial charge < -0.3 is 28.7 Å². The van der Waals surface area contributed by atoms with Gasteiger partial charge in [-0.25, -0.2) is 0 Å². The number of methoxy groups -OCH3 is 1. The standard InChI is InChI=1S/C10H21O7P/c1-14-10-9(12)8(11)6-7(17-10)4-5-18(13,15-2)16-3/h7-12H,4-6H2,1-3H3/t7-,8-,9-,10-/m1/s1. The molecule has 0 aliphatic carbocycles. The Labute approximate surface area is 107 Å². The van der Waals surface area contributed by atoms with E-state index in [4.69, 9.17) is 18.5 Å². The van der Waals surface area contributed by atoms with Crippen LogP contribution in [0, 0.1) is 0 Å². The Kier molecular flexibility index (Phi) is 6.20. The molecular weight excluding hydrogens is 263 g/mol. The van der Waals surface area contributed by atoms with Crippen LogP contribution in [0.25, 0.3) is 0 Å². The van der Waals surface area contributed by atoms with Crippen molar-refractivity contribution >= 4 is 7.60 Å². The van der Waals surface area contributed by atoms with E-state index >= 15 is 0 Å². The van der Waals surface area contributed by atoms with Crippen molar-refractivity contribution in [3.63, 3.8) is 0 Å². The van der Waals surface area contributed by atoms with Gasteiger partial charge in [-0.15, -0.1) is 0 Å². The number of aliphatic hydroxyl groups excluding tert-OH is 2. The van der Waals surface area contributed by atoms with Crippen LogP contribution < -0.4 is 0 Å². The number of aliphatic hydroxyl groups is 2. The molecule has 0 radical (unpaired) electrons. The average molecular weight is 284 g/mol. The summed E-state index contributed by atoms with van der Waals surface area (Å²) in [5.74, 6) is 0. The molecule has 0 aromatic rings. The molecule has 0 unspecified atom stereocenters. The van der Waals surface area contributed by atoms with Crippen LogP contribution in [0.4, 0.5) is 0 Å². The fourth-order valence-electron chi connectivity index (χ4n) is 1.86. The van der Waals surface area contributed by atoms with Crippen molar-refractivity contribution in [1.29, 1.82) is 0 Å². The van der Waals surface area contributed by atoms with Gasteiger partial charge in [-0.05, 0) is 6.42 Å². The summed E-state index contributed by atoms with van der Waals surface area (Å²) in [6.07, 6.45) is -2.38. The van der Waals surface area contributed by atoms with Gasteiger partial charge in [-0.3, -0.25) is 4.57 Å². The lowest BCUT2D eigenvalue weighted by Crippen LogP contribution is -2.49. The van der Waals surface area contributed by atoms with Gasteiger partial charge in [0.15, 0.2) is 6.29 Å². The highest BCUT2D eigenvalue weighted by Crippen LogP contribution is 2.47. The summed E-state index contributed by atoms with van der Waals surface area (Å²) in [5.41, 5.74) is 0. The highest BCUT2D eigenvalue weighted by Gasteiger charge is 2.37. The molecule has 0 aromatic heterocycles. The van der Waals surface area contributed by atoms with Gasteiger partial charge in [0.2, 0.25) is 0 Å². The molecule has 1 aliphatic rings. The summed E-state index contributed by atoms with van der Waals surface area (Å²) in [6, 6.07) is 0. The maximum Gasteiger partial charge on any atom is 0.330 e. The highest BCUT2D eigenvalue weighted by atomic mass is 31.2. The number of hydrogen-bond acceptors (Lipinski definition) is 7. The van der Waals surface area contributed by atoms with Crippen molar-refractivity contribution in [2.24, 2.45) is 0 Å². The first-order chi connectivity index (χ1) is 8.45. The third-order valence-corrected chi connectivity index (χ3v) is 4.94. The second-order valence-corrected chi connectivity index (χ2v) is 6.54. The summed E-state index contributed by atoms with van der Waals surface area (Å²) in [6.45, 7) is 0. The van der Waals surface area contributed by atoms with E-state index in [2.05, 4.69) is 0 Å². The molecule has 2 N–H and O–H groups in total. The molecule has 1 heterocycles. The number of hydrogen-bond donors (Lipinski definition) is 2. The van der Waals surface area contributed by atoms with E-state index in [0.717, 1.165) is 0 Å². The molecule has 7 nitrogen and oxygen atoms in total. The number of rotatable bonds is 6. The van der Waals surface area contributed by atoms with Crippen LogP contribution in [-0.2, 0) is 23.1 Å². The summed E-state index contributed by atoms with van der Waals surface area (Å²) in [7, 11) is 0.955. The number of ether oxygens (including phenoxy) is 2. The molecule has 0 aromatic carbocycles. The Morgan fingerprint density at radius 3 is 2.39 bits per heavy atom. The third kappa shape index (κ3) is 3.99. The van der Waals surface area contributed by atoms with Crippen molar-refractivity contribution < 1.29 is 33.3 Å². The Hall–Kier alpha value is -0.0100. The van der Waals surface area contributed by atoms with Crippen LogP contribution in [0.2, 0.25) is 0 Å². The molecule has 0 saturated carbocycles. The molecule has 1 fully saturated rings. The lowest BCUT2D eigenvalue weighted by molar-refractivity contribution is -0.257. The van der Waals surface area contributed by atoms with Crippen molar-refractivity contribution in [2.75, 3.05) is 27.5 Å². The maximum absolute atomic E-state index is 11.8. The topological polar surface area (TPSA) is 94.5 Å². The minimum absolute atomic E-state index is 0.184. The average Bonchev–Trinajstić information content (AvgIpc) is 2.39. The molecule has 1 rings (SSSR count). The van der Waals surface area contributed by atoms with Crippen LogP contribution in [0.5, 0.6) is 0 Å². The van der Waals surface area contributed by atoms with E-state index in [1.807, 2.05) is 0 Å². The minimum atomic E-state index is -3.08. The Bertz CT molecular complexity index is 290. The molecule has 0 amide bonds. The normalized spacial score (nSPS) is 33.6. The summed E-state index contributed by atoms with van der Waals surface area (Å²) < 4.78 is 31.8. The second-order valence-electron chi connectivity index (χ2n) is 4.14. The predicted molar refractivity (Wildman–Crippen MR) is 63.4 cm³/mol. The van der Waals surface area contributed by atoms with Crippen LogP contribution in [0.1, 0.15) is 12.8 Å². The first-order valence-electron chi connectivity index (χ1n) is 5.70. The van der Waals surface area contributed by atoms with Gasteiger partial charge in [0.25, 0.3) is 0 Å². The zero-order valence-corrected chi connectivity index (χ0v) is 11.7. The smallest absolute Gasteiger partial charge is 0.330 e. The lowest BCUT2D eigenvalue weighted by atomic mass is 10.0. The largest absolute Gasteiger partial charge is 0.390 e. The quantitative estimate of drug-likeness (QED) is 0.679. The fraction of sp³-hybridized carbons (Fsp3) is 1.00. The molecule has 8 heteroatoms. The molecular formula is C10H21O7P. The molecule has 0 spiro atoms.